The molecule has 1 aromatic carbocycles. The second kappa shape index (κ2) is 6.29. The topological polar surface area (TPSA) is 46.6 Å². The molecule has 2 aliphatic rings. The first-order chi connectivity index (χ1) is 10.6. The lowest BCUT2D eigenvalue weighted by molar-refractivity contribution is -0.142. The van der Waals surface area contributed by atoms with Crippen molar-refractivity contribution in [3.05, 3.63) is 29.3 Å². The molecule has 1 aromatic rings. The van der Waals surface area contributed by atoms with E-state index in [1.165, 1.54) is 11.3 Å². The smallest absolute Gasteiger partial charge is 0.236 e. The van der Waals surface area contributed by atoms with Crippen molar-refractivity contribution in [2.75, 3.05) is 13.2 Å². The quantitative estimate of drug-likeness (QED) is 0.798. The Labute approximate surface area is 135 Å². The number of amides is 2. The molecule has 0 unspecified atom stereocenters. The van der Waals surface area contributed by atoms with Crippen LogP contribution in [0.1, 0.15) is 38.5 Å². The van der Waals surface area contributed by atoms with Gasteiger partial charge in [0, 0.05) is 11.4 Å². The number of ether oxygens (including phenoxy) is 1. The minimum atomic E-state index is -0.411. The van der Waals surface area contributed by atoms with Crippen LogP contribution in [-0.2, 0) is 9.59 Å². The summed E-state index contributed by atoms with van der Waals surface area (Å²) in [6.45, 7) is 0.611. The van der Waals surface area contributed by atoms with Crippen LogP contribution in [0.25, 0.3) is 0 Å². The van der Waals surface area contributed by atoms with Crippen LogP contribution in [0.15, 0.2) is 24.3 Å². The molecule has 3 rings (SSSR count). The van der Waals surface area contributed by atoms with E-state index in [4.69, 9.17) is 16.3 Å². The predicted octanol–water partition coefficient (Wildman–Crippen LogP) is 3.43. The van der Waals surface area contributed by atoms with Crippen molar-refractivity contribution in [2.45, 2.75) is 38.5 Å². The Morgan fingerprint density at radius 2 is 1.95 bits per heavy atom. The van der Waals surface area contributed by atoms with Crippen molar-refractivity contribution in [3.8, 4) is 5.75 Å². The highest BCUT2D eigenvalue weighted by Gasteiger charge is 2.51. The molecule has 2 fully saturated rings. The molecule has 118 valence electrons. The van der Waals surface area contributed by atoms with Gasteiger partial charge in [-0.2, -0.15) is 0 Å². The van der Waals surface area contributed by atoms with E-state index in [0.29, 0.717) is 30.3 Å². The third-order valence-electron chi connectivity index (χ3n) is 4.68. The van der Waals surface area contributed by atoms with Gasteiger partial charge in [0.1, 0.15) is 12.4 Å². The minimum Gasteiger partial charge on any atom is -0.492 e. The van der Waals surface area contributed by atoms with Crippen LogP contribution in [0.5, 0.6) is 5.75 Å². The normalized spacial score (nSPS) is 20.7. The number of likely N-dealkylation sites (tertiary alicyclic amines) is 1. The molecule has 0 N–H and O–H groups in total. The Morgan fingerprint density at radius 1 is 1.18 bits per heavy atom. The van der Waals surface area contributed by atoms with Gasteiger partial charge in [-0.1, -0.05) is 36.9 Å². The number of carbonyl (C=O) groups is 2. The zero-order valence-electron chi connectivity index (χ0n) is 12.5. The van der Waals surface area contributed by atoms with E-state index >= 15 is 0 Å². The summed E-state index contributed by atoms with van der Waals surface area (Å²) >= 11 is 5.90. The zero-order valence-corrected chi connectivity index (χ0v) is 13.3. The first-order valence-electron chi connectivity index (χ1n) is 7.84. The second-order valence-corrected chi connectivity index (χ2v) is 6.61. The maximum absolute atomic E-state index is 12.6. The summed E-state index contributed by atoms with van der Waals surface area (Å²) < 4.78 is 5.59. The maximum Gasteiger partial charge on any atom is 0.236 e. The highest BCUT2D eigenvalue weighted by molar-refractivity contribution is 6.30. The number of halogens is 1. The van der Waals surface area contributed by atoms with E-state index in [-0.39, 0.29) is 11.8 Å². The van der Waals surface area contributed by atoms with E-state index in [0.717, 1.165) is 25.7 Å². The lowest BCUT2D eigenvalue weighted by Gasteiger charge is -2.30. The number of imide groups is 1. The van der Waals surface area contributed by atoms with E-state index in [2.05, 4.69) is 0 Å². The molecule has 0 bridgehead atoms. The van der Waals surface area contributed by atoms with Crippen LogP contribution >= 0.6 is 11.6 Å². The van der Waals surface area contributed by atoms with Crippen molar-refractivity contribution < 1.29 is 14.3 Å². The molecule has 0 radical (unpaired) electrons. The molecule has 1 saturated heterocycles. The van der Waals surface area contributed by atoms with Gasteiger partial charge in [0.25, 0.3) is 0 Å². The summed E-state index contributed by atoms with van der Waals surface area (Å²) in [6, 6.07) is 7.11. The average Bonchev–Trinajstić information content (AvgIpc) is 2.72. The summed E-state index contributed by atoms with van der Waals surface area (Å²) in [4.78, 5) is 26.2. The number of carbonyl (C=O) groups excluding carboxylic acids is 2. The van der Waals surface area contributed by atoms with Crippen molar-refractivity contribution >= 4 is 23.4 Å². The van der Waals surface area contributed by atoms with Crippen LogP contribution < -0.4 is 4.74 Å². The summed E-state index contributed by atoms with van der Waals surface area (Å²) in [5, 5.41) is 0.604. The van der Waals surface area contributed by atoms with Gasteiger partial charge in [-0.3, -0.25) is 14.5 Å². The molecule has 2 amide bonds. The molecule has 1 spiro atoms. The van der Waals surface area contributed by atoms with Crippen molar-refractivity contribution in [1.29, 1.82) is 0 Å². The minimum absolute atomic E-state index is 0.00638. The van der Waals surface area contributed by atoms with E-state index in [9.17, 15) is 9.59 Å². The largest absolute Gasteiger partial charge is 0.492 e. The molecule has 1 heterocycles. The molecule has 1 saturated carbocycles. The van der Waals surface area contributed by atoms with Crippen LogP contribution in [0.4, 0.5) is 0 Å². The highest BCUT2D eigenvalue weighted by Crippen LogP contribution is 2.45. The molecule has 0 atom stereocenters. The highest BCUT2D eigenvalue weighted by atomic mass is 35.5. The van der Waals surface area contributed by atoms with Gasteiger partial charge in [0.05, 0.1) is 12.0 Å². The SMILES string of the molecule is O=C1CC2(CCCCC2)C(=O)N1CCOc1cccc(Cl)c1. The first kappa shape index (κ1) is 15.3. The zero-order chi connectivity index (χ0) is 15.6. The van der Waals surface area contributed by atoms with Crippen LogP contribution in [0.2, 0.25) is 5.02 Å². The van der Waals surface area contributed by atoms with Gasteiger partial charge in [0.2, 0.25) is 11.8 Å². The fraction of sp³-hybridized carbons (Fsp3) is 0.529. The number of hydrogen-bond acceptors (Lipinski definition) is 3. The van der Waals surface area contributed by atoms with Crippen molar-refractivity contribution in [3.63, 3.8) is 0 Å². The fourth-order valence-corrected chi connectivity index (χ4v) is 3.70. The second-order valence-electron chi connectivity index (χ2n) is 6.17. The average molecular weight is 322 g/mol. The summed E-state index contributed by atoms with van der Waals surface area (Å²) in [7, 11) is 0. The first-order valence-corrected chi connectivity index (χ1v) is 8.22. The lowest BCUT2D eigenvalue weighted by Crippen LogP contribution is -2.38. The monoisotopic (exact) mass is 321 g/mol. The number of benzene rings is 1. The Kier molecular flexibility index (Phi) is 4.39. The number of rotatable bonds is 4. The summed E-state index contributed by atoms with van der Waals surface area (Å²) in [5.41, 5.74) is -0.411. The molecule has 4 nitrogen and oxygen atoms in total. The molecule has 5 heteroatoms. The lowest BCUT2D eigenvalue weighted by atomic mass is 9.73. The van der Waals surface area contributed by atoms with Gasteiger partial charge in [-0.05, 0) is 31.0 Å². The molecule has 22 heavy (non-hydrogen) atoms. The Balaban J connectivity index is 1.58. The number of hydrogen-bond donors (Lipinski definition) is 0. The van der Waals surface area contributed by atoms with Gasteiger partial charge >= 0.3 is 0 Å². The van der Waals surface area contributed by atoms with Gasteiger partial charge in [-0.15, -0.1) is 0 Å². The maximum atomic E-state index is 12.6. The van der Waals surface area contributed by atoms with Gasteiger partial charge in [0.15, 0.2) is 0 Å². The molecule has 1 aliphatic heterocycles. The fourth-order valence-electron chi connectivity index (χ4n) is 3.52. The molecular weight excluding hydrogens is 302 g/mol. The summed E-state index contributed by atoms with van der Waals surface area (Å²) in [6.07, 6.45) is 5.34. The molecule has 0 aromatic heterocycles. The third kappa shape index (κ3) is 2.98. The van der Waals surface area contributed by atoms with Gasteiger partial charge in [-0.25, -0.2) is 0 Å². The van der Waals surface area contributed by atoms with Crippen molar-refractivity contribution in [1.82, 2.24) is 4.90 Å². The Hall–Kier alpha value is -1.55. The van der Waals surface area contributed by atoms with E-state index in [1.54, 1.807) is 18.2 Å². The molecular formula is C17H20ClNO3. The van der Waals surface area contributed by atoms with E-state index in [1.807, 2.05) is 6.07 Å². The Bertz CT molecular complexity index is 581. The summed E-state index contributed by atoms with van der Waals surface area (Å²) in [5.74, 6) is 0.604. The standard InChI is InChI=1S/C17H20ClNO3/c18-13-5-4-6-14(11-13)22-10-9-19-15(20)12-17(16(19)21)7-2-1-3-8-17/h4-6,11H,1-3,7-10,12H2. The predicted molar refractivity (Wildman–Crippen MR) is 83.8 cm³/mol. The van der Waals surface area contributed by atoms with E-state index < -0.39 is 5.41 Å². The Morgan fingerprint density at radius 3 is 2.68 bits per heavy atom. The molecule has 1 aliphatic carbocycles. The number of nitrogens with zero attached hydrogens (tertiary/aromatic N) is 1. The van der Waals surface area contributed by atoms with Crippen LogP contribution in [0, 0.1) is 5.41 Å². The van der Waals surface area contributed by atoms with Gasteiger partial charge < -0.3 is 4.74 Å². The van der Waals surface area contributed by atoms with Crippen LogP contribution in [0.3, 0.4) is 0 Å². The van der Waals surface area contributed by atoms with Crippen LogP contribution in [-0.4, -0.2) is 29.9 Å². The van der Waals surface area contributed by atoms with Crippen molar-refractivity contribution in [2.24, 2.45) is 5.41 Å². The third-order valence-corrected chi connectivity index (χ3v) is 4.91.